The molecule has 0 aliphatic carbocycles. The SMILES string of the molecule is COc1cc(N)ccc1-n1nnnc1C(C)C. The van der Waals surface area contributed by atoms with E-state index in [1.807, 2.05) is 19.9 Å². The van der Waals surface area contributed by atoms with Crippen molar-refractivity contribution in [2.24, 2.45) is 0 Å². The lowest BCUT2D eigenvalue weighted by atomic mass is 10.2. The lowest BCUT2D eigenvalue weighted by Crippen LogP contribution is -2.06. The van der Waals surface area contributed by atoms with Gasteiger partial charge in [-0.15, -0.1) is 5.10 Å². The molecule has 0 saturated heterocycles. The second-order valence-corrected chi connectivity index (χ2v) is 4.03. The Bertz CT molecular complexity index is 520. The summed E-state index contributed by atoms with van der Waals surface area (Å²) in [6.45, 7) is 4.07. The van der Waals surface area contributed by atoms with E-state index in [1.165, 1.54) is 0 Å². The molecule has 90 valence electrons. The first kappa shape index (κ1) is 11.4. The first-order chi connectivity index (χ1) is 8.13. The first-order valence-electron chi connectivity index (χ1n) is 5.35. The van der Waals surface area contributed by atoms with Gasteiger partial charge in [0.15, 0.2) is 5.82 Å². The fourth-order valence-electron chi connectivity index (χ4n) is 1.59. The van der Waals surface area contributed by atoms with E-state index in [0.717, 1.165) is 11.5 Å². The fraction of sp³-hybridized carbons (Fsp3) is 0.364. The van der Waals surface area contributed by atoms with Crippen LogP contribution in [0.15, 0.2) is 18.2 Å². The highest BCUT2D eigenvalue weighted by molar-refractivity contribution is 5.55. The molecule has 0 unspecified atom stereocenters. The predicted molar refractivity (Wildman–Crippen MR) is 64.2 cm³/mol. The van der Waals surface area contributed by atoms with E-state index in [0.29, 0.717) is 11.4 Å². The Kier molecular flexibility index (Phi) is 2.95. The summed E-state index contributed by atoms with van der Waals surface area (Å²) in [5.41, 5.74) is 7.14. The van der Waals surface area contributed by atoms with Crippen molar-refractivity contribution in [3.63, 3.8) is 0 Å². The number of anilines is 1. The number of methoxy groups -OCH3 is 1. The van der Waals surface area contributed by atoms with Crippen LogP contribution < -0.4 is 10.5 Å². The highest BCUT2D eigenvalue weighted by atomic mass is 16.5. The molecule has 0 amide bonds. The molecule has 0 spiro atoms. The summed E-state index contributed by atoms with van der Waals surface area (Å²) in [6.07, 6.45) is 0. The topological polar surface area (TPSA) is 78.9 Å². The lowest BCUT2D eigenvalue weighted by molar-refractivity contribution is 0.411. The fourth-order valence-corrected chi connectivity index (χ4v) is 1.59. The van der Waals surface area contributed by atoms with Gasteiger partial charge in [-0.25, -0.2) is 0 Å². The standard InChI is InChI=1S/C11H15N5O/c1-7(2)11-13-14-15-16(11)9-5-4-8(12)6-10(9)17-3/h4-7H,12H2,1-3H3. The summed E-state index contributed by atoms with van der Waals surface area (Å²) in [5.74, 6) is 1.67. The summed E-state index contributed by atoms with van der Waals surface area (Å²) in [4.78, 5) is 0. The van der Waals surface area contributed by atoms with E-state index < -0.39 is 0 Å². The molecule has 6 nitrogen and oxygen atoms in total. The van der Waals surface area contributed by atoms with Crippen molar-refractivity contribution in [1.82, 2.24) is 20.2 Å². The Balaban J connectivity index is 2.56. The third-order valence-corrected chi connectivity index (χ3v) is 2.44. The highest BCUT2D eigenvalue weighted by Crippen LogP contribution is 2.26. The number of rotatable bonds is 3. The van der Waals surface area contributed by atoms with E-state index in [-0.39, 0.29) is 5.92 Å². The molecular weight excluding hydrogens is 218 g/mol. The number of nitrogens with two attached hydrogens (primary N) is 1. The Hall–Kier alpha value is -2.11. The maximum Gasteiger partial charge on any atom is 0.159 e. The zero-order valence-corrected chi connectivity index (χ0v) is 10.1. The normalized spacial score (nSPS) is 10.8. The van der Waals surface area contributed by atoms with Gasteiger partial charge in [-0.2, -0.15) is 4.68 Å². The number of hydrogen-bond donors (Lipinski definition) is 1. The van der Waals surface area contributed by atoms with Gasteiger partial charge < -0.3 is 10.5 Å². The van der Waals surface area contributed by atoms with Crippen LogP contribution in [0, 0.1) is 0 Å². The van der Waals surface area contributed by atoms with Crippen molar-refractivity contribution < 1.29 is 4.74 Å². The molecule has 2 N–H and O–H groups in total. The largest absolute Gasteiger partial charge is 0.494 e. The predicted octanol–water partition coefficient (Wildman–Crippen LogP) is 1.38. The minimum atomic E-state index is 0.229. The van der Waals surface area contributed by atoms with Gasteiger partial charge in [0.25, 0.3) is 0 Å². The number of tetrazole rings is 1. The second kappa shape index (κ2) is 4.40. The van der Waals surface area contributed by atoms with Gasteiger partial charge in [0.2, 0.25) is 0 Å². The van der Waals surface area contributed by atoms with Crippen molar-refractivity contribution in [2.75, 3.05) is 12.8 Å². The zero-order valence-electron chi connectivity index (χ0n) is 10.1. The van der Waals surface area contributed by atoms with Gasteiger partial charge in [0.1, 0.15) is 11.4 Å². The van der Waals surface area contributed by atoms with Gasteiger partial charge >= 0.3 is 0 Å². The number of hydrogen-bond acceptors (Lipinski definition) is 5. The van der Waals surface area contributed by atoms with Crippen molar-refractivity contribution in [1.29, 1.82) is 0 Å². The highest BCUT2D eigenvalue weighted by Gasteiger charge is 2.15. The second-order valence-electron chi connectivity index (χ2n) is 4.03. The molecule has 1 heterocycles. The lowest BCUT2D eigenvalue weighted by Gasteiger charge is -2.11. The Morgan fingerprint density at radius 2 is 2.12 bits per heavy atom. The Morgan fingerprint density at radius 1 is 1.35 bits per heavy atom. The third kappa shape index (κ3) is 2.06. The van der Waals surface area contributed by atoms with Crippen LogP contribution in [-0.2, 0) is 0 Å². The summed E-state index contributed by atoms with van der Waals surface area (Å²) in [6, 6.07) is 5.39. The van der Waals surface area contributed by atoms with Gasteiger partial charge in [0, 0.05) is 17.7 Å². The molecule has 0 saturated carbocycles. The van der Waals surface area contributed by atoms with Crippen LogP contribution in [0.25, 0.3) is 5.69 Å². The third-order valence-electron chi connectivity index (χ3n) is 2.44. The van der Waals surface area contributed by atoms with E-state index in [1.54, 1.807) is 23.9 Å². The summed E-state index contributed by atoms with van der Waals surface area (Å²) >= 11 is 0. The molecule has 6 heteroatoms. The van der Waals surface area contributed by atoms with Gasteiger partial charge in [0.05, 0.1) is 7.11 Å². The monoisotopic (exact) mass is 233 g/mol. The number of benzene rings is 1. The van der Waals surface area contributed by atoms with E-state index in [4.69, 9.17) is 10.5 Å². The number of nitrogens with zero attached hydrogens (tertiary/aromatic N) is 4. The molecule has 0 bridgehead atoms. The molecule has 0 radical (unpaired) electrons. The van der Waals surface area contributed by atoms with Crippen molar-refractivity contribution >= 4 is 5.69 Å². The van der Waals surface area contributed by atoms with E-state index >= 15 is 0 Å². The molecule has 0 aliphatic heterocycles. The molecule has 0 aliphatic rings. The smallest absolute Gasteiger partial charge is 0.159 e. The van der Waals surface area contributed by atoms with Crippen LogP contribution in [0.1, 0.15) is 25.6 Å². The van der Waals surface area contributed by atoms with Crippen LogP contribution in [0.5, 0.6) is 5.75 Å². The number of aromatic nitrogens is 4. The van der Waals surface area contributed by atoms with Gasteiger partial charge in [-0.1, -0.05) is 13.8 Å². The molecule has 2 aromatic rings. The van der Waals surface area contributed by atoms with Crippen LogP contribution in [-0.4, -0.2) is 27.3 Å². The maximum atomic E-state index is 5.71. The van der Waals surface area contributed by atoms with Gasteiger partial charge in [-0.05, 0) is 22.6 Å². The molecule has 0 atom stereocenters. The quantitative estimate of drug-likeness (QED) is 0.810. The first-order valence-corrected chi connectivity index (χ1v) is 5.35. The zero-order chi connectivity index (χ0) is 12.4. The van der Waals surface area contributed by atoms with Crippen LogP contribution in [0.2, 0.25) is 0 Å². The summed E-state index contributed by atoms with van der Waals surface area (Å²) in [7, 11) is 1.59. The molecule has 0 fully saturated rings. The van der Waals surface area contributed by atoms with Crippen LogP contribution in [0.3, 0.4) is 0 Å². The van der Waals surface area contributed by atoms with Crippen molar-refractivity contribution in [3.05, 3.63) is 24.0 Å². The van der Waals surface area contributed by atoms with Crippen molar-refractivity contribution in [2.45, 2.75) is 19.8 Å². The van der Waals surface area contributed by atoms with Gasteiger partial charge in [-0.3, -0.25) is 0 Å². The summed E-state index contributed by atoms with van der Waals surface area (Å²) < 4.78 is 6.96. The number of nitrogen functional groups attached to an aromatic ring is 1. The minimum absolute atomic E-state index is 0.229. The molecule has 1 aromatic heterocycles. The molecule has 17 heavy (non-hydrogen) atoms. The van der Waals surface area contributed by atoms with Crippen LogP contribution >= 0.6 is 0 Å². The summed E-state index contributed by atoms with van der Waals surface area (Å²) in [5, 5.41) is 11.7. The Labute approximate surface area is 99.4 Å². The van der Waals surface area contributed by atoms with E-state index in [2.05, 4.69) is 15.5 Å². The van der Waals surface area contributed by atoms with E-state index in [9.17, 15) is 0 Å². The molecule has 1 aromatic carbocycles. The average Bonchev–Trinajstić information content (AvgIpc) is 2.77. The van der Waals surface area contributed by atoms with Crippen LogP contribution in [0.4, 0.5) is 5.69 Å². The Morgan fingerprint density at radius 3 is 2.76 bits per heavy atom. The number of ether oxygens (including phenoxy) is 1. The minimum Gasteiger partial charge on any atom is -0.494 e. The van der Waals surface area contributed by atoms with Crippen molar-refractivity contribution in [3.8, 4) is 11.4 Å². The maximum absolute atomic E-state index is 5.71. The molecule has 2 rings (SSSR count). The molecular formula is C11H15N5O. The average molecular weight is 233 g/mol.